The number of likely N-dealkylation sites (tertiary alicyclic amines) is 1. The number of carbonyl (C=O) groups is 2. The van der Waals surface area contributed by atoms with Crippen molar-refractivity contribution in [3.8, 4) is 0 Å². The summed E-state index contributed by atoms with van der Waals surface area (Å²) in [6.45, 7) is 2.75. The molecule has 1 aromatic rings. The molecule has 0 aliphatic carbocycles. The van der Waals surface area contributed by atoms with Gasteiger partial charge in [0.25, 0.3) is 0 Å². The summed E-state index contributed by atoms with van der Waals surface area (Å²) in [5, 5.41) is 0. The molecule has 2 heterocycles. The third kappa shape index (κ3) is 2.98. The van der Waals surface area contributed by atoms with Crippen LogP contribution >= 0.6 is 0 Å². The lowest BCUT2D eigenvalue weighted by atomic mass is 10.0. The summed E-state index contributed by atoms with van der Waals surface area (Å²) >= 11 is 0. The maximum atomic E-state index is 12.3. The van der Waals surface area contributed by atoms with Gasteiger partial charge in [0.15, 0.2) is 0 Å². The van der Waals surface area contributed by atoms with Crippen molar-refractivity contribution in [3.05, 3.63) is 47.5 Å². The zero-order valence-electron chi connectivity index (χ0n) is 12.5. The fourth-order valence-corrected chi connectivity index (χ4v) is 3.04. The van der Waals surface area contributed by atoms with E-state index in [1.807, 2.05) is 37.3 Å². The van der Waals surface area contributed by atoms with Crippen molar-refractivity contribution in [1.82, 2.24) is 4.90 Å². The van der Waals surface area contributed by atoms with Gasteiger partial charge in [-0.25, -0.2) is 9.59 Å². The van der Waals surface area contributed by atoms with E-state index in [4.69, 9.17) is 9.47 Å². The second-order valence-electron chi connectivity index (χ2n) is 5.69. The highest BCUT2D eigenvalue weighted by Gasteiger charge is 2.40. The molecule has 0 saturated carbocycles. The molecule has 0 unspecified atom stereocenters. The summed E-state index contributed by atoms with van der Waals surface area (Å²) in [5.41, 5.74) is 1.83. The lowest BCUT2D eigenvalue weighted by Gasteiger charge is -2.28. The minimum atomic E-state index is -0.345. The number of hydrogen-bond acceptors (Lipinski definition) is 4. The Balaban J connectivity index is 1.62. The largest absolute Gasteiger partial charge is 0.452 e. The predicted octanol–water partition coefficient (Wildman–Crippen LogP) is 2.66. The third-order valence-corrected chi connectivity index (χ3v) is 4.13. The Morgan fingerprint density at radius 3 is 2.82 bits per heavy atom. The van der Waals surface area contributed by atoms with Crippen molar-refractivity contribution in [2.24, 2.45) is 0 Å². The van der Waals surface area contributed by atoms with Gasteiger partial charge in [-0.15, -0.1) is 0 Å². The minimum Gasteiger partial charge on any atom is -0.452 e. The Labute approximate surface area is 129 Å². The van der Waals surface area contributed by atoms with Crippen LogP contribution in [0.5, 0.6) is 0 Å². The Kier molecular flexibility index (Phi) is 4.13. The number of esters is 1. The van der Waals surface area contributed by atoms with Crippen LogP contribution in [-0.2, 0) is 20.9 Å². The van der Waals surface area contributed by atoms with Gasteiger partial charge in [0.05, 0.1) is 6.04 Å². The summed E-state index contributed by atoms with van der Waals surface area (Å²) in [6, 6.07) is 9.46. The molecule has 0 bridgehead atoms. The van der Waals surface area contributed by atoms with E-state index in [2.05, 4.69) is 0 Å². The van der Waals surface area contributed by atoms with Gasteiger partial charge in [0.2, 0.25) is 0 Å². The molecule has 2 aliphatic rings. The van der Waals surface area contributed by atoms with Crippen LogP contribution in [0.2, 0.25) is 0 Å². The lowest BCUT2D eigenvalue weighted by Crippen LogP contribution is -2.43. The molecule has 5 heteroatoms. The molecule has 0 N–H and O–H groups in total. The van der Waals surface area contributed by atoms with Crippen molar-refractivity contribution in [2.75, 3.05) is 6.54 Å². The lowest BCUT2D eigenvalue weighted by molar-refractivity contribution is -0.140. The van der Waals surface area contributed by atoms with Crippen LogP contribution in [0.15, 0.2) is 42.0 Å². The van der Waals surface area contributed by atoms with Crippen LogP contribution in [0, 0.1) is 0 Å². The molecule has 0 radical (unpaired) electrons. The number of benzene rings is 1. The van der Waals surface area contributed by atoms with E-state index < -0.39 is 0 Å². The number of cyclic esters (lactones) is 1. The van der Waals surface area contributed by atoms with E-state index >= 15 is 0 Å². The third-order valence-electron chi connectivity index (χ3n) is 4.13. The maximum absolute atomic E-state index is 12.3. The molecule has 22 heavy (non-hydrogen) atoms. The number of nitrogens with zero attached hydrogens (tertiary/aromatic N) is 1. The number of amides is 1. The van der Waals surface area contributed by atoms with Crippen molar-refractivity contribution >= 4 is 12.1 Å². The fraction of sp³-hybridized carbons (Fsp3) is 0.412. The van der Waals surface area contributed by atoms with Gasteiger partial charge in [-0.05, 0) is 30.9 Å². The molecule has 0 spiro atoms. The van der Waals surface area contributed by atoms with Crippen molar-refractivity contribution in [1.29, 1.82) is 0 Å². The molecule has 1 aromatic carbocycles. The van der Waals surface area contributed by atoms with Gasteiger partial charge in [-0.3, -0.25) is 0 Å². The van der Waals surface area contributed by atoms with Gasteiger partial charge in [0, 0.05) is 12.6 Å². The van der Waals surface area contributed by atoms with Gasteiger partial charge >= 0.3 is 12.1 Å². The molecule has 1 fully saturated rings. The first kappa shape index (κ1) is 14.6. The van der Waals surface area contributed by atoms with Gasteiger partial charge in [-0.1, -0.05) is 30.3 Å². The molecule has 2 aliphatic heterocycles. The first-order valence-electron chi connectivity index (χ1n) is 7.51. The average Bonchev–Trinajstić information content (AvgIpc) is 3.12. The summed E-state index contributed by atoms with van der Waals surface area (Å²) in [4.78, 5) is 25.4. The van der Waals surface area contributed by atoms with E-state index in [-0.39, 0.29) is 30.8 Å². The maximum Gasteiger partial charge on any atom is 0.410 e. The Morgan fingerprint density at radius 2 is 2.14 bits per heavy atom. The monoisotopic (exact) mass is 301 g/mol. The number of carbonyl (C=O) groups excluding carboxylic acids is 2. The van der Waals surface area contributed by atoms with Crippen LogP contribution in [0.25, 0.3) is 0 Å². The van der Waals surface area contributed by atoms with Gasteiger partial charge in [-0.2, -0.15) is 0 Å². The van der Waals surface area contributed by atoms with Crippen molar-refractivity contribution in [2.45, 2.75) is 38.5 Å². The van der Waals surface area contributed by atoms with Crippen molar-refractivity contribution < 1.29 is 19.1 Å². The van der Waals surface area contributed by atoms with E-state index in [1.165, 1.54) is 6.08 Å². The zero-order valence-corrected chi connectivity index (χ0v) is 12.5. The summed E-state index contributed by atoms with van der Waals surface area (Å²) in [7, 11) is 0. The number of rotatable bonds is 3. The average molecular weight is 301 g/mol. The highest BCUT2D eigenvalue weighted by molar-refractivity contribution is 5.86. The quantitative estimate of drug-likeness (QED) is 0.805. The van der Waals surface area contributed by atoms with Crippen LogP contribution in [0.3, 0.4) is 0 Å². The van der Waals surface area contributed by atoms with Crippen molar-refractivity contribution in [3.63, 3.8) is 0 Å². The fourth-order valence-electron chi connectivity index (χ4n) is 3.04. The molecule has 0 aromatic heterocycles. The number of ether oxygens (including phenoxy) is 2. The molecular formula is C17H19NO4. The highest BCUT2D eigenvalue weighted by atomic mass is 16.6. The smallest absolute Gasteiger partial charge is 0.410 e. The van der Waals surface area contributed by atoms with Gasteiger partial charge < -0.3 is 14.4 Å². The standard InChI is InChI=1S/C17H19NO4/c1-12-10-15(19)22-16(12)14-8-5-9-18(14)17(20)21-11-13-6-3-2-4-7-13/h2-4,6-7,10,14,16H,5,8-9,11H2,1H3/t14-,16-/m1/s1. The summed E-state index contributed by atoms with van der Waals surface area (Å²) in [5.74, 6) is -0.327. The van der Waals surface area contributed by atoms with E-state index in [0.717, 1.165) is 24.0 Å². The van der Waals surface area contributed by atoms with Crippen LogP contribution in [-0.4, -0.2) is 35.7 Å². The Hall–Kier alpha value is -2.30. The first-order chi connectivity index (χ1) is 10.6. The minimum absolute atomic E-state index is 0.119. The molecule has 1 amide bonds. The summed E-state index contributed by atoms with van der Waals surface area (Å²) in [6.07, 6.45) is 2.54. The SMILES string of the molecule is CC1=CC(=O)O[C@H]1[C@H]1CCCN1C(=O)OCc1ccccc1. The van der Waals surface area contributed by atoms with Crippen LogP contribution in [0.4, 0.5) is 4.79 Å². The normalized spacial score (nSPS) is 24.1. The molecule has 116 valence electrons. The van der Waals surface area contributed by atoms with Crippen LogP contribution < -0.4 is 0 Å². The highest BCUT2D eigenvalue weighted by Crippen LogP contribution is 2.29. The van der Waals surface area contributed by atoms with E-state index in [0.29, 0.717) is 6.54 Å². The molecule has 2 atom stereocenters. The van der Waals surface area contributed by atoms with E-state index in [1.54, 1.807) is 4.90 Å². The first-order valence-corrected chi connectivity index (χ1v) is 7.51. The Bertz CT molecular complexity index is 596. The summed E-state index contributed by atoms with van der Waals surface area (Å²) < 4.78 is 10.7. The molecule has 5 nitrogen and oxygen atoms in total. The molecule has 3 rings (SSSR count). The van der Waals surface area contributed by atoms with Crippen LogP contribution in [0.1, 0.15) is 25.3 Å². The second kappa shape index (κ2) is 6.22. The molecular weight excluding hydrogens is 282 g/mol. The van der Waals surface area contributed by atoms with E-state index in [9.17, 15) is 9.59 Å². The Morgan fingerprint density at radius 1 is 1.36 bits per heavy atom. The topological polar surface area (TPSA) is 55.8 Å². The van der Waals surface area contributed by atoms with Gasteiger partial charge in [0.1, 0.15) is 12.7 Å². The predicted molar refractivity (Wildman–Crippen MR) is 80.0 cm³/mol. The second-order valence-corrected chi connectivity index (χ2v) is 5.69. The number of hydrogen-bond donors (Lipinski definition) is 0. The zero-order chi connectivity index (χ0) is 15.5. The molecule has 1 saturated heterocycles.